The number of aromatic nitrogens is 2. The third-order valence-corrected chi connectivity index (χ3v) is 6.59. The smallest absolute Gasteiger partial charge is 0.267 e. The number of fused-ring (bicyclic) bond motifs is 2. The predicted octanol–water partition coefficient (Wildman–Crippen LogP) is 5.63. The van der Waals surface area contributed by atoms with E-state index in [9.17, 15) is 9.59 Å². The fraction of sp³-hybridized carbons (Fsp3) is 0.276. The zero-order valence-electron chi connectivity index (χ0n) is 20.7. The van der Waals surface area contributed by atoms with Gasteiger partial charge in [-0.05, 0) is 48.2 Å². The van der Waals surface area contributed by atoms with Gasteiger partial charge in [-0.2, -0.15) is 0 Å². The lowest BCUT2D eigenvalue weighted by Gasteiger charge is -2.30. The van der Waals surface area contributed by atoms with Crippen molar-refractivity contribution < 1.29 is 14.3 Å². The van der Waals surface area contributed by atoms with Crippen molar-refractivity contribution in [2.24, 2.45) is 0 Å². The minimum Gasteiger partial charge on any atom is -0.479 e. The second-order valence-electron chi connectivity index (χ2n) is 10.1. The first-order valence-electron chi connectivity index (χ1n) is 11.8. The molecule has 6 heteroatoms. The molecule has 0 aliphatic carbocycles. The second kappa shape index (κ2) is 8.38. The van der Waals surface area contributed by atoms with Gasteiger partial charge in [0.25, 0.3) is 5.91 Å². The van der Waals surface area contributed by atoms with Crippen LogP contribution in [-0.4, -0.2) is 34.4 Å². The van der Waals surface area contributed by atoms with Gasteiger partial charge in [0.2, 0.25) is 0 Å². The SMILES string of the molecule is CC1Oc2ccc(C(=O)Cn3c(-c4ccc(C(C)(C)C)cc4)nc4ccccc43)cc2N(C)C1=O. The standard InChI is InChI=1S/C29H29N3O3/c1-18-28(34)31(5)24-16-20(12-15-26(24)35-18)25(33)17-32-23-9-7-6-8-22(23)30-27(32)19-10-13-21(14-11-19)29(2,3)4/h6-16,18H,17H2,1-5H3. The summed E-state index contributed by atoms with van der Waals surface area (Å²) < 4.78 is 7.67. The van der Waals surface area contributed by atoms with E-state index in [-0.39, 0.29) is 23.7 Å². The molecule has 4 aromatic rings. The maximum absolute atomic E-state index is 13.5. The van der Waals surface area contributed by atoms with E-state index in [0.29, 0.717) is 17.0 Å². The number of ketones is 1. The highest BCUT2D eigenvalue weighted by atomic mass is 16.5. The Kier molecular flexibility index (Phi) is 5.47. The van der Waals surface area contributed by atoms with Gasteiger partial charge in [0.05, 0.1) is 23.3 Å². The van der Waals surface area contributed by atoms with Crippen LogP contribution in [0.5, 0.6) is 5.75 Å². The van der Waals surface area contributed by atoms with E-state index in [1.165, 1.54) is 5.56 Å². The van der Waals surface area contributed by atoms with E-state index in [0.717, 1.165) is 22.4 Å². The molecule has 1 aliphatic heterocycles. The van der Waals surface area contributed by atoms with Gasteiger partial charge in [-0.15, -0.1) is 0 Å². The zero-order valence-corrected chi connectivity index (χ0v) is 20.7. The Labute approximate surface area is 205 Å². The van der Waals surface area contributed by atoms with Crippen LogP contribution >= 0.6 is 0 Å². The van der Waals surface area contributed by atoms with Crippen molar-refractivity contribution in [2.45, 2.75) is 45.8 Å². The molecule has 0 bridgehead atoms. The molecule has 0 saturated carbocycles. The predicted molar refractivity (Wildman–Crippen MR) is 138 cm³/mol. The number of hydrogen-bond acceptors (Lipinski definition) is 4. The lowest BCUT2D eigenvalue weighted by atomic mass is 9.87. The number of hydrogen-bond donors (Lipinski definition) is 0. The number of carbonyl (C=O) groups is 2. The van der Waals surface area contributed by atoms with Crippen molar-refractivity contribution in [2.75, 3.05) is 11.9 Å². The summed E-state index contributed by atoms with van der Waals surface area (Å²) in [6.07, 6.45) is -0.543. The summed E-state index contributed by atoms with van der Waals surface area (Å²) in [5.41, 5.74) is 5.12. The number of rotatable bonds is 4. The second-order valence-corrected chi connectivity index (χ2v) is 10.1. The van der Waals surface area contributed by atoms with Gasteiger partial charge in [0.1, 0.15) is 11.6 Å². The maximum Gasteiger partial charge on any atom is 0.267 e. The molecule has 0 radical (unpaired) electrons. The third-order valence-electron chi connectivity index (χ3n) is 6.59. The number of amides is 1. The highest BCUT2D eigenvalue weighted by molar-refractivity contribution is 6.03. The number of carbonyl (C=O) groups excluding carboxylic acids is 2. The number of anilines is 1. The van der Waals surface area contributed by atoms with Gasteiger partial charge in [-0.25, -0.2) is 4.98 Å². The number of nitrogens with zero attached hydrogens (tertiary/aromatic N) is 3. The lowest BCUT2D eigenvalue weighted by Crippen LogP contribution is -2.42. The highest BCUT2D eigenvalue weighted by Crippen LogP contribution is 2.34. The molecule has 1 amide bonds. The molecule has 5 rings (SSSR count). The first-order chi connectivity index (χ1) is 16.6. The van der Waals surface area contributed by atoms with Crippen LogP contribution in [-0.2, 0) is 16.8 Å². The van der Waals surface area contributed by atoms with Crippen LogP contribution in [0.3, 0.4) is 0 Å². The van der Waals surface area contributed by atoms with Crippen molar-refractivity contribution in [3.05, 3.63) is 77.9 Å². The molecule has 0 spiro atoms. The Morgan fingerprint density at radius 1 is 1.03 bits per heavy atom. The molecule has 3 aromatic carbocycles. The van der Waals surface area contributed by atoms with Crippen molar-refractivity contribution in [3.8, 4) is 17.1 Å². The fourth-order valence-corrected chi connectivity index (χ4v) is 4.50. The van der Waals surface area contributed by atoms with Crippen molar-refractivity contribution in [1.82, 2.24) is 9.55 Å². The van der Waals surface area contributed by atoms with Gasteiger partial charge >= 0.3 is 0 Å². The van der Waals surface area contributed by atoms with Crippen molar-refractivity contribution in [1.29, 1.82) is 0 Å². The number of Topliss-reactive ketones (excluding diaryl/α,β-unsaturated/α-hetero) is 1. The zero-order chi connectivity index (χ0) is 24.9. The van der Waals surface area contributed by atoms with E-state index in [1.807, 2.05) is 28.8 Å². The number of imidazole rings is 1. The normalized spacial score (nSPS) is 15.7. The van der Waals surface area contributed by atoms with Crippen LogP contribution in [0.4, 0.5) is 5.69 Å². The molecule has 2 heterocycles. The van der Waals surface area contributed by atoms with E-state index < -0.39 is 6.10 Å². The van der Waals surface area contributed by atoms with E-state index >= 15 is 0 Å². The van der Waals surface area contributed by atoms with Crippen LogP contribution < -0.4 is 9.64 Å². The van der Waals surface area contributed by atoms with Crippen LogP contribution in [0.1, 0.15) is 43.6 Å². The third kappa shape index (κ3) is 4.09. The van der Waals surface area contributed by atoms with E-state index in [2.05, 4.69) is 45.0 Å². The topological polar surface area (TPSA) is 64.4 Å². The summed E-state index contributed by atoms with van der Waals surface area (Å²) in [6, 6.07) is 21.5. The first-order valence-corrected chi connectivity index (χ1v) is 11.8. The fourth-order valence-electron chi connectivity index (χ4n) is 4.50. The summed E-state index contributed by atoms with van der Waals surface area (Å²) >= 11 is 0. The van der Waals surface area contributed by atoms with Gasteiger partial charge in [-0.3, -0.25) is 9.59 Å². The van der Waals surface area contributed by atoms with Crippen LogP contribution in [0.15, 0.2) is 66.7 Å². The van der Waals surface area contributed by atoms with Crippen LogP contribution in [0, 0.1) is 0 Å². The summed E-state index contributed by atoms with van der Waals surface area (Å²) in [5, 5.41) is 0. The summed E-state index contributed by atoms with van der Waals surface area (Å²) in [5.74, 6) is 1.15. The molecule has 1 aromatic heterocycles. The molecule has 0 saturated heterocycles. The molecular formula is C29H29N3O3. The van der Waals surface area contributed by atoms with E-state index in [1.54, 1.807) is 37.1 Å². The average molecular weight is 468 g/mol. The van der Waals surface area contributed by atoms with Gasteiger partial charge < -0.3 is 14.2 Å². The lowest BCUT2D eigenvalue weighted by molar-refractivity contribution is -0.125. The molecule has 1 unspecified atom stereocenters. The maximum atomic E-state index is 13.5. The molecule has 35 heavy (non-hydrogen) atoms. The number of likely N-dealkylation sites (N-methyl/N-ethyl adjacent to an activating group) is 1. The monoisotopic (exact) mass is 467 g/mol. The Hall–Kier alpha value is -3.93. The quantitative estimate of drug-likeness (QED) is 0.365. The minimum atomic E-state index is -0.543. The van der Waals surface area contributed by atoms with Crippen molar-refractivity contribution in [3.63, 3.8) is 0 Å². The van der Waals surface area contributed by atoms with Crippen molar-refractivity contribution >= 4 is 28.4 Å². The molecular weight excluding hydrogens is 438 g/mol. The summed E-state index contributed by atoms with van der Waals surface area (Å²) in [6.45, 7) is 8.41. The van der Waals surface area contributed by atoms with Crippen LogP contribution in [0.2, 0.25) is 0 Å². The minimum absolute atomic E-state index is 0.0527. The van der Waals surface area contributed by atoms with Gasteiger partial charge in [0.15, 0.2) is 11.9 Å². The molecule has 0 fully saturated rings. The largest absolute Gasteiger partial charge is 0.479 e. The highest BCUT2D eigenvalue weighted by Gasteiger charge is 2.29. The van der Waals surface area contributed by atoms with Gasteiger partial charge in [0, 0.05) is 18.2 Å². The Balaban J connectivity index is 1.52. The molecule has 1 atom stereocenters. The Bertz CT molecular complexity index is 1440. The molecule has 6 nitrogen and oxygen atoms in total. The first kappa shape index (κ1) is 22.8. The Morgan fingerprint density at radius 2 is 1.74 bits per heavy atom. The van der Waals surface area contributed by atoms with Gasteiger partial charge in [-0.1, -0.05) is 57.2 Å². The number of benzene rings is 3. The molecule has 178 valence electrons. The average Bonchev–Trinajstić information content (AvgIpc) is 3.20. The number of para-hydroxylation sites is 2. The number of ether oxygens (including phenoxy) is 1. The summed E-state index contributed by atoms with van der Waals surface area (Å²) in [4.78, 5) is 32.2. The summed E-state index contributed by atoms with van der Waals surface area (Å²) in [7, 11) is 1.71. The van der Waals surface area contributed by atoms with Crippen LogP contribution in [0.25, 0.3) is 22.4 Å². The van der Waals surface area contributed by atoms with E-state index in [4.69, 9.17) is 9.72 Å². The molecule has 1 aliphatic rings. The Morgan fingerprint density at radius 3 is 2.46 bits per heavy atom. The molecule has 0 N–H and O–H groups in total.